The number of hydrogen-bond acceptors (Lipinski definition) is 2. The molecule has 1 aromatic carbocycles. The summed E-state index contributed by atoms with van der Waals surface area (Å²) in [6, 6.07) is 7.12. The highest BCUT2D eigenvalue weighted by molar-refractivity contribution is 9.10. The van der Waals surface area contributed by atoms with Crippen molar-refractivity contribution < 1.29 is 9.50 Å². The van der Waals surface area contributed by atoms with E-state index in [0.29, 0.717) is 15.7 Å². The van der Waals surface area contributed by atoms with Crippen molar-refractivity contribution in [3.05, 3.63) is 62.2 Å². The molecule has 0 spiro atoms. The van der Waals surface area contributed by atoms with Gasteiger partial charge in [-0.2, -0.15) is 0 Å². The van der Waals surface area contributed by atoms with E-state index in [1.807, 2.05) is 6.92 Å². The molecule has 0 aliphatic carbocycles. The molecule has 5 heteroatoms. The van der Waals surface area contributed by atoms with E-state index in [2.05, 4.69) is 15.9 Å². The smallest absolute Gasteiger partial charge is 0.254 e. The van der Waals surface area contributed by atoms with Crippen LogP contribution in [-0.2, 0) is 0 Å². The fraction of sp³-hybridized carbons (Fsp3) is 0.214. The molecule has 0 unspecified atom stereocenters. The Morgan fingerprint density at radius 2 is 2.00 bits per heavy atom. The molecule has 0 saturated heterocycles. The van der Waals surface area contributed by atoms with Crippen LogP contribution in [0.3, 0.4) is 0 Å². The number of rotatable bonds is 2. The van der Waals surface area contributed by atoms with Crippen molar-refractivity contribution in [3.8, 4) is 5.75 Å². The van der Waals surface area contributed by atoms with Gasteiger partial charge in [0, 0.05) is 11.8 Å². The van der Waals surface area contributed by atoms with Crippen LogP contribution in [0.15, 0.2) is 39.6 Å². The molecule has 0 aliphatic heterocycles. The third-order valence-corrected chi connectivity index (χ3v) is 3.70. The number of nitrogens with zero attached hydrogens (tertiary/aromatic N) is 1. The number of aromatic hydroxyl groups is 1. The summed E-state index contributed by atoms with van der Waals surface area (Å²) in [5, 5.41) is 9.37. The number of halogens is 2. The molecule has 3 nitrogen and oxygen atoms in total. The molecular formula is C14H13BrFNO2. The van der Waals surface area contributed by atoms with E-state index in [-0.39, 0.29) is 23.2 Å². The SMILES string of the molecule is Cc1cc(O)cc(=O)n1[C@H](C)c1ccc(Br)c(F)c1. The fourth-order valence-corrected chi connectivity index (χ4v) is 2.36. The molecule has 0 bridgehead atoms. The Kier molecular flexibility index (Phi) is 3.75. The lowest BCUT2D eigenvalue weighted by Crippen LogP contribution is -2.25. The Morgan fingerprint density at radius 1 is 1.32 bits per heavy atom. The van der Waals surface area contributed by atoms with Crippen molar-refractivity contribution in [2.75, 3.05) is 0 Å². The van der Waals surface area contributed by atoms with Crippen molar-refractivity contribution in [2.45, 2.75) is 19.9 Å². The second-order valence-corrected chi connectivity index (χ2v) is 5.27. The van der Waals surface area contributed by atoms with Gasteiger partial charge in [0.15, 0.2) is 0 Å². The van der Waals surface area contributed by atoms with Gasteiger partial charge in [0.05, 0.1) is 10.5 Å². The zero-order valence-corrected chi connectivity index (χ0v) is 12.1. The lowest BCUT2D eigenvalue weighted by molar-refractivity contribution is 0.467. The third-order valence-electron chi connectivity index (χ3n) is 3.06. The van der Waals surface area contributed by atoms with Crippen molar-refractivity contribution in [1.29, 1.82) is 0 Å². The summed E-state index contributed by atoms with van der Waals surface area (Å²) in [5.41, 5.74) is 1.01. The lowest BCUT2D eigenvalue weighted by Gasteiger charge is -2.19. The van der Waals surface area contributed by atoms with Crippen molar-refractivity contribution >= 4 is 15.9 Å². The van der Waals surface area contributed by atoms with Crippen LogP contribution in [0.5, 0.6) is 5.75 Å². The maximum absolute atomic E-state index is 13.5. The number of pyridine rings is 1. The van der Waals surface area contributed by atoms with E-state index in [1.165, 1.54) is 16.7 Å². The van der Waals surface area contributed by atoms with Gasteiger partial charge in [-0.15, -0.1) is 0 Å². The summed E-state index contributed by atoms with van der Waals surface area (Å²) in [6.45, 7) is 3.54. The molecule has 100 valence electrons. The van der Waals surface area contributed by atoms with Gasteiger partial charge >= 0.3 is 0 Å². The summed E-state index contributed by atoms with van der Waals surface area (Å²) >= 11 is 3.10. The van der Waals surface area contributed by atoms with E-state index < -0.39 is 0 Å². The molecule has 0 fully saturated rings. The molecule has 1 aromatic heterocycles. The number of benzene rings is 1. The summed E-state index contributed by atoms with van der Waals surface area (Å²) < 4.78 is 15.4. The predicted octanol–water partition coefficient (Wildman–Crippen LogP) is 3.37. The van der Waals surface area contributed by atoms with Crippen LogP contribution >= 0.6 is 15.9 Å². The van der Waals surface area contributed by atoms with Gasteiger partial charge < -0.3 is 9.67 Å². The van der Waals surface area contributed by atoms with Crippen LogP contribution in [0.4, 0.5) is 4.39 Å². The molecular weight excluding hydrogens is 313 g/mol. The van der Waals surface area contributed by atoms with Crippen molar-refractivity contribution in [2.24, 2.45) is 0 Å². The average molecular weight is 326 g/mol. The van der Waals surface area contributed by atoms with Crippen LogP contribution in [-0.4, -0.2) is 9.67 Å². The quantitative estimate of drug-likeness (QED) is 0.919. The van der Waals surface area contributed by atoms with Gasteiger partial charge in [0.1, 0.15) is 11.6 Å². The maximum atomic E-state index is 13.5. The van der Waals surface area contributed by atoms with E-state index in [0.717, 1.165) is 6.07 Å². The zero-order valence-electron chi connectivity index (χ0n) is 10.5. The summed E-state index contributed by atoms with van der Waals surface area (Å²) in [6.07, 6.45) is 0. The summed E-state index contributed by atoms with van der Waals surface area (Å²) in [4.78, 5) is 11.9. The second kappa shape index (κ2) is 5.17. The first kappa shape index (κ1) is 13.8. The molecule has 0 saturated carbocycles. The Hall–Kier alpha value is -1.62. The van der Waals surface area contributed by atoms with Gasteiger partial charge in [-0.05, 0) is 53.5 Å². The molecule has 19 heavy (non-hydrogen) atoms. The van der Waals surface area contributed by atoms with E-state index in [1.54, 1.807) is 19.1 Å². The Balaban J connectivity index is 2.53. The summed E-state index contributed by atoms with van der Waals surface area (Å²) in [5.74, 6) is -0.429. The van der Waals surface area contributed by atoms with Gasteiger partial charge in [0.25, 0.3) is 5.56 Å². The van der Waals surface area contributed by atoms with Crippen molar-refractivity contribution in [1.82, 2.24) is 4.57 Å². The first-order chi connectivity index (χ1) is 8.90. The van der Waals surface area contributed by atoms with Crippen molar-refractivity contribution in [3.63, 3.8) is 0 Å². The molecule has 1 heterocycles. The largest absolute Gasteiger partial charge is 0.508 e. The minimum atomic E-state index is -0.367. The van der Waals surface area contributed by atoms with Crippen LogP contribution in [0, 0.1) is 12.7 Å². The Bertz CT molecular complexity index is 682. The minimum absolute atomic E-state index is 0.0621. The fourth-order valence-electron chi connectivity index (χ4n) is 2.11. The standard InChI is InChI=1S/C14H13BrFNO2/c1-8-5-11(18)7-14(19)17(8)9(2)10-3-4-12(15)13(16)6-10/h3-7,9,18H,1-2H3/t9-/m1/s1. The topological polar surface area (TPSA) is 42.2 Å². The Labute approximate surface area is 118 Å². The van der Waals surface area contributed by atoms with E-state index >= 15 is 0 Å². The molecule has 1 N–H and O–H groups in total. The van der Waals surface area contributed by atoms with Crippen LogP contribution < -0.4 is 5.56 Å². The van der Waals surface area contributed by atoms with Crippen LogP contribution in [0.2, 0.25) is 0 Å². The van der Waals surface area contributed by atoms with Gasteiger partial charge in [-0.25, -0.2) is 4.39 Å². The van der Waals surface area contributed by atoms with Gasteiger partial charge in [0.2, 0.25) is 0 Å². The van der Waals surface area contributed by atoms with E-state index in [4.69, 9.17) is 0 Å². The normalized spacial score (nSPS) is 12.4. The zero-order chi connectivity index (χ0) is 14.2. The molecule has 1 atom stereocenters. The average Bonchev–Trinajstić information content (AvgIpc) is 2.31. The highest BCUT2D eigenvalue weighted by Crippen LogP contribution is 2.23. The van der Waals surface area contributed by atoms with Crippen LogP contribution in [0.25, 0.3) is 0 Å². The number of aryl methyl sites for hydroxylation is 1. The number of hydrogen-bond donors (Lipinski definition) is 1. The molecule has 0 radical (unpaired) electrons. The monoisotopic (exact) mass is 325 g/mol. The van der Waals surface area contributed by atoms with Crippen LogP contribution in [0.1, 0.15) is 24.2 Å². The third kappa shape index (κ3) is 2.71. The van der Waals surface area contributed by atoms with Gasteiger partial charge in [-0.1, -0.05) is 6.07 Å². The summed E-state index contributed by atoms with van der Waals surface area (Å²) in [7, 11) is 0. The Morgan fingerprint density at radius 3 is 2.58 bits per heavy atom. The lowest BCUT2D eigenvalue weighted by atomic mass is 10.1. The van der Waals surface area contributed by atoms with E-state index in [9.17, 15) is 14.3 Å². The number of aromatic nitrogens is 1. The predicted molar refractivity (Wildman–Crippen MR) is 75.0 cm³/mol. The molecule has 0 amide bonds. The maximum Gasteiger partial charge on any atom is 0.254 e. The molecule has 0 aliphatic rings. The minimum Gasteiger partial charge on any atom is -0.508 e. The molecule has 2 rings (SSSR count). The van der Waals surface area contributed by atoms with Gasteiger partial charge in [-0.3, -0.25) is 4.79 Å². The first-order valence-corrected chi connectivity index (χ1v) is 6.56. The highest BCUT2D eigenvalue weighted by atomic mass is 79.9. The highest BCUT2D eigenvalue weighted by Gasteiger charge is 2.14. The first-order valence-electron chi connectivity index (χ1n) is 5.77. The second-order valence-electron chi connectivity index (χ2n) is 4.41. The molecule has 2 aromatic rings.